The maximum Gasteiger partial charge on any atom is 0.433 e. The molecule has 0 aliphatic carbocycles. The fourth-order valence-electron chi connectivity index (χ4n) is 2.22. The lowest BCUT2D eigenvalue weighted by molar-refractivity contribution is -0.141. The summed E-state index contributed by atoms with van der Waals surface area (Å²) in [6.07, 6.45) is -2.83. The van der Waals surface area contributed by atoms with Gasteiger partial charge in [0.25, 0.3) is 0 Å². The summed E-state index contributed by atoms with van der Waals surface area (Å²) in [6, 6.07) is 3.95. The molecular weight excluding hydrogens is 245 g/mol. The van der Waals surface area contributed by atoms with Gasteiger partial charge in [-0.15, -0.1) is 0 Å². The summed E-state index contributed by atoms with van der Waals surface area (Å²) in [6.45, 7) is 1.47. The molecule has 1 aromatic rings. The molecule has 0 radical (unpaired) electrons. The highest BCUT2D eigenvalue weighted by Crippen LogP contribution is 2.30. The molecule has 1 aromatic heterocycles. The Bertz CT molecular complexity index is 409. The molecule has 0 amide bonds. The van der Waals surface area contributed by atoms with Crippen molar-refractivity contribution in [3.8, 4) is 0 Å². The quantitative estimate of drug-likeness (QED) is 0.906. The number of aliphatic hydroxyl groups excluding tert-OH is 1. The zero-order valence-corrected chi connectivity index (χ0v) is 9.82. The number of nitrogens with zero attached hydrogens (tertiary/aromatic N) is 2. The van der Waals surface area contributed by atoms with Gasteiger partial charge < -0.3 is 10.0 Å². The van der Waals surface area contributed by atoms with E-state index in [2.05, 4.69) is 4.98 Å². The maximum absolute atomic E-state index is 12.5. The van der Waals surface area contributed by atoms with Crippen LogP contribution in [0.5, 0.6) is 0 Å². The molecule has 1 saturated heterocycles. The molecule has 1 fully saturated rings. The van der Waals surface area contributed by atoms with E-state index in [4.69, 9.17) is 5.11 Å². The van der Waals surface area contributed by atoms with Crippen molar-refractivity contribution in [2.75, 3.05) is 24.6 Å². The SMILES string of the molecule is OCCC1CCN(c2cccc(C(F)(F)F)n2)C1. The van der Waals surface area contributed by atoms with Crippen molar-refractivity contribution < 1.29 is 18.3 Å². The lowest BCUT2D eigenvalue weighted by atomic mass is 10.1. The van der Waals surface area contributed by atoms with Gasteiger partial charge in [-0.2, -0.15) is 13.2 Å². The minimum atomic E-state index is -4.40. The molecule has 1 aliphatic heterocycles. The summed E-state index contributed by atoms with van der Waals surface area (Å²) < 4.78 is 37.6. The van der Waals surface area contributed by atoms with Gasteiger partial charge in [0, 0.05) is 19.7 Å². The van der Waals surface area contributed by atoms with Crippen molar-refractivity contribution in [2.24, 2.45) is 5.92 Å². The van der Waals surface area contributed by atoms with Gasteiger partial charge in [-0.25, -0.2) is 4.98 Å². The molecule has 0 aromatic carbocycles. The van der Waals surface area contributed by atoms with Crippen LogP contribution in [-0.4, -0.2) is 29.8 Å². The number of rotatable bonds is 3. The van der Waals surface area contributed by atoms with E-state index in [9.17, 15) is 13.2 Å². The van der Waals surface area contributed by atoms with Crippen LogP contribution in [0.15, 0.2) is 18.2 Å². The molecule has 0 saturated carbocycles. The van der Waals surface area contributed by atoms with Crippen molar-refractivity contribution in [2.45, 2.75) is 19.0 Å². The van der Waals surface area contributed by atoms with E-state index in [1.165, 1.54) is 6.07 Å². The predicted octanol–water partition coefficient (Wildman–Crippen LogP) is 2.31. The van der Waals surface area contributed by atoms with Crippen LogP contribution in [-0.2, 0) is 6.18 Å². The number of aliphatic hydroxyl groups is 1. The second-order valence-electron chi connectivity index (χ2n) is 4.49. The highest BCUT2D eigenvalue weighted by molar-refractivity contribution is 5.40. The fourth-order valence-corrected chi connectivity index (χ4v) is 2.22. The van der Waals surface area contributed by atoms with Crippen LogP contribution in [0.1, 0.15) is 18.5 Å². The van der Waals surface area contributed by atoms with Gasteiger partial charge in [0.05, 0.1) is 0 Å². The van der Waals surface area contributed by atoms with Gasteiger partial charge in [0.1, 0.15) is 11.5 Å². The van der Waals surface area contributed by atoms with Gasteiger partial charge >= 0.3 is 6.18 Å². The number of alkyl halides is 3. The van der Waals surface area contributed by atoms with E-state index >= 15 is 0 Å². The van der Waals surface area contributed by atoms with Crippen molar-refractivity contribution in [3.63, 3.8) is 0 Å². The van der Waals surface area contributed by atoms with Crippen LogP contribution in [0.25, 0.3) is 0 Å². The van der Waals surface area contributed by atoms with Gasteiger partial charge in [-0.05, 0) is 30.9 Å². The monoisotopic (exact) mass is 260 g/mol. The minimum Gasteiger partial charge on any atom is -0.396 e. The number of halogens is 3. The Hall–Kier alpha value is -1.30. The van der Waals surface area contributed by atoms with E-state index in [0.29, 0.717) is 31.2 Å². The van der Waals surface area contributed by atoms with Gasteiger partial charge in [-0.1, -0.05) is 6.07 Å². The molecular formula is C12H15F3N2O. The first-order valence-electron chi connectivity index (χ1n) is 5.91. The van der Waals surface area contributed by atoms with E-state index in [1.54, 1.807) is 6.07 Å². The minimum absolute atomic E-state index is 0.120. The molecule has 0 bridgehead atoms. The Morgan fingerprint density at radius 2 is 2.17 bits per heavy atom. The zero-order valence-electron chi connectivity index (χ0n) is 9.82. The Kier molecular flexibility index (Phi) is 3.75. The average molecular weight is 260 g/mol. The summed E-state index contributed by atoms with van der Waals surface area (Å²) in [5.74, 6) is 0.705. The largest absolute Gasteiger partial charge is 0.433 e. The van der Waals surface area contributed by atoms with Gasteiger partial charge in [0.2, 0.25) is 0 Å². The average Bonchev–Trinajstić information content (AvgIpc) is 2.77. The molecule has 2 rings (SSSR count). The molecule has 2 heterocycles. The van der Waals surface area contributed by atoms with E-state index in [-0.39, 0.29) is 6.61 Å². The van der Waals surface area contributed by atoms with Crippen LogP contribution in [0, 0.1) is 5.92 Å². The van der Waals surface area contributed by atoms with Gasteiger partial charge in [0.15, 0.2) is 0 Å². The van der Waals surface area contributed by atoms with Crippen LogP contribution >= 0.6 is 0 Å². The first kappa shape index (κ1) is 13.1. The summed E-state index contributed by atoms with van der Waals surface area (Å²) in [5, 5.41) is 8.85. The Morgan fingerprint density at radius 1 is 1.39 bits per heavy atom. The van der Waals surface area contributed by atoms with Crippen LogP contribution in [0.2, 0.25) is 0 Å². The second kappa shape index (κ2) is 5.14. The van der Waals surface area contributed by atoms with Crippen LogP contribution in [0.3, 0.4) is 0 Å². The third kappa shape index (κ3) is 2.93. The molecule has 1 unspecified atom stereocenters. The van der Waals surface area contributed by atoms with Crippen molar-refractivity contribution in [3.05, 3.63) is 23.9 Å². The number of aromatic nitrogens is 1. The third-order valence-corrected chi connectivity index (χ3v) is 3.17. The van der Waals surface area contributed by atoms with Crippen molar-refractivity contribution in [1.29, 1.82) is 0 Å². The molecule has 6 heteroatoms. The first-order chi connectivity index (χ1) is 8.50. The summed E-state index contributed by atoms with van der Waals surface area (Å²) in [7, 11) is 0. The smallest absolute Gasteiger partial charge is 0.396 e. The second-order valence-corrected chi connectivity index (χ2v) is 4.49. The molecule has 1 N–H and O–H groups in total. The molecule has 3 nitrogen and oxygen atoms in total. The van der Waals surface area contributed by atoms with E-state index < -0.39 is 11.9 Å². The Balaban J connectivity index is 2.10. The standard InChI is InChI=1S/C12H15F3N2O/c13-12(14,15)10-2-1-3-11(16-10)17-6-4-9(8-17)5-7-18/h1-3,9,18H,4-8H2. The molecule has 0 spiro atoms. The Morgan fingerprint density at radius 3 is 2.83 bits per heavy atom. The number of anilines is 1. The molecule has 1 atom stereocenters. The number of hydrogen-bond acceptors (Lipinski definition) is 3. The Labute approximate surface area is 103 Å². The molecule has 100 valence electrons. The zero-order chi connectivity index (χ0) is 13.2. The highest BCUT2D eigenvalue weighted by atomic mass is 19.4. The maximum atomic E-state index is 12.5. The molecule has 1 aliphatic rings. The van der Waals surface area contributed by atoms with E-state index in [1.807, 2.05) is 4.90 Å². The summed E-state index contributed by atoms with van der Waals surface area (Å²) in [4.78, 5) is 5.50. The third-order valence-electron chi connectivity index (χ3n) is 3.17. The van der Waals surface area contributed by atoms with E-state index in [0.717, 1.165) is 12.5 Å². The van der Waals surface area contributed by atoms with Crippen LogP contribution in [0.4, 0.5) is 19.0 Å². The lowest BCUT2D eigenvalue weighted by Gasteiger charge is -2.18. The van der Waals surface area contributed by atoms with Crippen molar-refractivity contribution >= 4 is 5.82 Å². The summed E-state index contributed by atoms with van der Waals surface area (Å²) in [5.41, 5.74) is -0.856. The molecule has 18 heavy (non-hydrogen) atoms. The van der Waals surface area contributed by atoms with Gasteiger partial charge in [-0.3, -0.25) is 0 Å². The lowest BCUT2D eigenvalue weighted by Crippen LogP contribution is -2.22. The van der Waals surface area contributed by atoms with Crippen molar-refractivity contribution in [1.82, 2.24) is 4.98 Å². The fraction of sp³-hybridized carbons (Fsp3) is 0.583. The van der Waals surface area contributed by atoms with Crippen LogP contribution < -0.4 is 4.90 Å². The normalized spacial score (nSPS) is 20.4. The highest BCUT2D eigenvalue weighted by Gasteiger charge is 2.33. The number of hydrogen-bond donors (Lipinski definition) is 1. The topological polar surface area (TPSA) is 36.4 Å². The summed E-state index contributed by atoms with van der Waals surface area (Å²) >= 11 is 0. The first-order valence-corrected chi connectivity index (χ1v) is 5.91. The number of pyridine rings is 1. The predicted molar refractivity (Wildman–Crippen MR) is 61.3 cm³/mol.